The van der Waals surface area contributed by atoms with E-state index in [4.69, 9.17) is 7.56 Å². The van der Waals surface area contributed by atoms with Crippen LogP contribution in [0.5, 0.6) is 11.5 Å². The molecule has 25 heavy (non-hydrogen) atoms. The fourth-order valence-corrected chi connectivity index (χ4v) is 6.99. The van der Waals surface area contributed by atoms with Crippen molar-refractivity contribution in [3.63, 3.8) is 0 Å². The molecule has 0 aliphatic rings. The SMILES string of the molecule is CCCc1c(C)cccc1[O][Sn]([O][Sn])[O]c1cccc(C)c1CCC. The molecule has 0 aliphatic heterocycles. The van der Waals surface area contributed by atoms with Crippen molar-refractivity contribution in [3.05, 3.63) is 58.7 Å². The molecule has 0 spiro atoms. The number of benzene rings is 2. The standard InChI is InChI=1S/2C10H14O.O.2Sn/c2*1-3-5-9-8(2)6-4-7-10(9)11;;;/h2*4,6-7,11H,3,5H2,1-2H3;;;/q;;;;+2/p-2. The van der Waals surface area contributed by atoms with Gasteiger partial charge in [0.1, 0.15) is 0 Å². The molecule has 2 aromatic carbocycles. The van der Waals surface area contributed by atoms with Crippen molar-refractivity contribution >= 4 is 43.9 Å². The maximum atomic E-state index is 6.28. The third kappa shape index (κ3) is 5.79. The first-order chi connectivity index (χ1) is 12.1. The Morgan fingerprint density at radius 2 is 1.24 bits per heavy atom. The van der Waals surface area contributed by atoms with E-state index in [1.54, 1.807) is 0 Å². The topological polar surface area (TPSA) is 27.7 Å². The normalized spacial score (nSPS) is 11.0. The number of hydrogen-bond acceptors (Lipinski definition) is 3. The predicted molar refractivity (Wildman–Crippen MR) is 104 cm³/mol. The van der Waals surface area contributed by atoms with Gasteiger partial charge in [-0.25, -0.2) is 0 Å². The van der Waals surface area contributed by atoms with E-state index in [0.717, 1.165) is 60.1 Å². The molecule has 0 bridgehead atoms. The van der Waals surface area contributed by atoms with Gasteiger partial charge in [-0.15, -0.1) is 0 Å². The van der Waals surface area contributed by atoms with E-state index >= 15 is 0 Å². The Kier molecular flexibility index (Phi) is 8.93. The zero-order chi connectivity index (χ0) is 18.2. The first-order valence-electron chi connectivity index (χ1n) is 8.83. The molecule has 0 atom stereocenters. The minimum atomic E-state index is -2.92. The van der Waals surface area contributed by atoms with Gasteiger partial charge in [-0.3, -0.25) is 0 Å². The van der Waals surface area contributed by atoms with E-state index in [1.165, 1.54) is 22.3 Å². The van der Waals surface area contributed by atoms with Crippen LogP contribution in [-0.4, -0.2) is 43.9 Å². The summed E-state index contributed by atoms with van der Waals surface area (Å²) in [6.45, 7) is 8.66. The number of hydrogen-bond donors (Lipinski definition) is 0. The van der Waals surface area contributed by atoms with Crippen LogP contribution in [0.3, 0.4) is 0 Å². The van der Waals surface area contributed by atoms with Gasteiger partial charge in [0, 0.05) is 0 Å². The second kappa shape index (κ2) is 10.7. The zero-order valence-electron chi connectivity index (χ0n) is 15.5. The number of rotatable bonds is 9. The van der Waals surface area contributed by atoms with Gasteiger partial charge >= 0.3 is 175 Å². The third-order valence-corrected chi connectivity index (χ3v) is 10.1. The monoisotopic (exact) mass is 554 g/mol. The van der Waals surface area contributed by atoms with Crippen LogP contribution in [0.1, 0.15) is 48.9 Å². The van der Waals surface area contributed by atoms with Crippen LogP contribution in [0, 0.1) is 13.8 Å². The van der Waals surface area contributed by atoms with E-state index in [1.807, 2.05) is 24.3 Å². The van der Waals surface area contributed by atoms with Crippen LogP contribution in [0.25, 0.3) is 0 Å². The Hall–Kier alpha value is -0.403. The molecular formula is C20H26O3Sn2. The predicted octanol–water partition coefficient (Wildman–Crippen LogP) is 4.75. The van der Waals surface area contributed by atoms with Gasteiger partial charge in [0.25, 0.3) is 0 Å². The quantitative estimate of drug-likeness (QED) is 0.421. The summed E-state index contributed by atoms with van der Waals surface area (Å²) >= 11 is -1.91. The third-order valence-electron chi connectivity index (χ3n) is 4.20. The average Bonchev–Trinajstić information content (AvgIpc) is 2.60. The molecule has 0 saturated heterocycles. The van der Waals surface area contributed by atoms with Gasteiger partial charge in [-0.2, -0.15) is 0 Å². The molecule has 5 heteroatoms. The van der Waals surface area contributed by atoms with Crippen LogP contribution in [0.2, 0.25) is 0 Å². The van der Waals surface area contributed by atoms with Gasteiger partial charge in [0.15, 0.2) is 0 Å². The van der Waals surface area contributed by atoms with Crippen molar-refractivity contribution in [1.82, 2.24) is 0 Å². The van der Waals surface area contributed by atoms with Crippen molar-refractivity contribution in [2.45, 2.75) is 53.4 Å². The zero-order valence-corrected chi connectivity index (χ0v) is 21.2. The summed E-state index contributed by atoms with van der Waals surface area (Å²) < 4.78 is 18.3. The van der Waals surface area contributed by atoms with Crippen molar-refractivity contribution in [3.8, 4) is 11.5 Å². The fourth-order valence-electron chi connectivity index (χ4n) is 2.92. The summed E-state index contributed by atoms with van der Waals surface area (Å²) in [5.74, 6) is 1.87. The van der Waals surface area contributed by atoms with Gasteiger partial charge in [-0.1, -0.05) is 0 Å². The Morgan fingerprint density at radius 1 is 0.800 bits per heavy atom. The van der Waals surface area contributed by atoms with E-state index < -0.39 is 21.0 Å². The maximum absolute atomic E-state index is 6.28. The second-order valence-electron chi connectivity index (χ2n) is 6.16. The molecule has 132 valence electrons. The van der Waals surface area contributed by atoms with Gasteiger partial charge < -0.3 is 0 Å². The molecule has 0 amide bonds. The molecular weight excluding hydrogens is 526 g/mol. The molecule has 4 radical (unpaired) electrons. The first-order valence-corrected chi connectivity index (χ1v) is 13.5. The van der Waals surface area contributed by atoms with Crippen LogP contribution in [0.15, 0.2) is 36.4 Å². The summed E-state index contributed by atoms with van der Waals surface area (Å²) in [7, 11) is 0. The molecule has 0 saturated carbocycles. The summed E-state index contributed by atoms with van der Waals surface area (Å²) in [6, 6.07) is 12.5. The molecule has 3 nitrogen and oxygen atoms in total. The summed E-state index contributed by atoms with van der Waals surface area (Å²) in [4.78, 5) is 0. The minimum absolute atomic E-state index is 0.934. The Labute approximate surface area is 174 Å². The second-order valence-corrected chi connectivity index (χ2v) is 13.2. The summed E-state index contributed by atoms with van der Waals surface area (Å²) in [6.07, 6.45) is 4.22. The fraction of sp³-hybridized carbons (Fsp3) is 0.400. The van der Waals surface area contributed by atoms with Crippen molar-refractivity contribution in [2.24, 2.45) is 0 Å². The van der Waals surface area contributed by atoms with Crippen molar-refractivity contribution in [2.75, 3.05) is 0 Å². The van der Waals surface area contributed by atoms with Crippen molar-refractivity contribution in [1.29, 1.82) is 0 Å². The van der Waals surface area contributed by atoms with E-state index in [9.17, 15) is 0 Å². The molecule has 0 aliphatic carbocycles. The Bertz CT molecular complexity index is 631. The molecule has 0 fully saturated rings. The molecule has 0 N–H and O–H groups in total. The van der Waals surface area contributed by atoms with Crippen LogP contribution < -0.4 is 6.15 Å². The van der Waals surface area contributed by atoms with Crippen LogP contribution >= 0.6 is 0 Å². The van der Waals surface area contributed by atoms with Gasteiger partial charge in [0.05, 0.1) is 0 Å². The van der Waals surface area contributed by atoms with Crippen molar-refractivity contribution < 1.29 is 7.56 Å². The van der Waals surface area contributed by atoms with Crippen LogP contribution in [-0.2, 0) is 14.3 Å². The first kappa shape index (κ1) is 20.9. The number of aryl methyl sites for hydroxylation is 2. The molecule has 2 aromatic rings. The Morgan fingerprint density at radius 3 is 1.60 bits per heavy atom. The van der Waals surface area contributed by atoms with Gasteiger partial charge in [0.2, 0.25) is 0 Å². The van der Waals surface area contributed by atoms with Gasteiger partial charge in [-0.05, 0) is 0 Å². The average molecular weight is 552 g/mol. The summed E-state index contributed by atoms with van der Waals surface area (Å²) in [5, 5.41) is 0. The summed E-state index contributed by atoms with van der Waals surface area (Å²) in [5.41, 5.74) is 5.09. The van der Waals surface area contributed by atoms with E-state index in [2.05, 4.69) is 39.8 Å². The molecule has 0 aromatic heterocycles. The molecule has 2 rings (SSSR count). The van der Waals surface area contributed by atoms with Crippen LogP contribution in [0.4, 0.5) is 0 Å². The molecule has 0 unspecified atom stereocenters. The Balaban J connectivity index is 2.22. The van der Waals surface area contributed by atoms with E-state index in [-0.39, 0.29) is 0 Å². The molecule has 0 heterocycles. The van der Waals surface area contributed by atoms with E-state index in [0.29, 0.717) is 0 Å².